The number of hydrogen-bond donors (Lipinski definition) is 0. The average Bonchev–Trinajstić information content (AvgIpc) is 3.06. The summed E-state index contributed by atoms with van der Waals surface area (Å²) in [7, 11) is 0. The molecule has 0 atom stereocenters. The fraction of sp³-hybridized carbons (Fsp3) is 0.133. The van der Waals surface area contributed by atoms with Gasteiger partial charge in [-0.3, -0.25) is 0 Å². The van der Waals surface area contributed by atoms with Crippen molar-refractivity contribution in [2.24, 2.45) is 0 Å². The number of hydrogen-bond acceptors (Lipinski definition) is 3. The molecule has 2 heterocycles. The van der Waals surface area contributed by atoms with Gasteiger partial charge >= 0.3 is 0 Å². The van der Waals surface area contributed by atoms with Gasteiger partial charge in [-0.25, -0.2) is 4.98 Å². The third kappa shape index (κ3) is 1.40. The van der Waals surface area contributed by atoms with Gasteiger partial charge in [0.2, 0.25) is 6.79 Å². The van der Waals surface area contributed by atoms with Gasteiger partial charge in [0.25, 0.3) is 0 Å². The molecule has 3 nitrogen and oxygen atoms in total. The Balaban J connectivity index is 1.87. The van der Waals surface area contributed by atoms with Crippen LogP contribution in [-0.2, 0) is 0 Å². The number of nitrogens with zero attached hydrogens (tertiary/aromatic N) is 1. The quantitative estimate of drug-likeness (QED) is 0.762. The van der Waals surface area contributed by atoms with Gasteiger partial charge in [0.15, 0.2) is 11.5 Å². The number of rotatable bonds is 1. The van der Waals surface area contributed by atoms with Crippen molar-refractivity contribution in [1.29, 1.82) is 0 Å². The highest BCUT2D eigenvalue weighted by Gasteiger charge is 2.15. The largest absolute Gasteiger partial charge is 0.454 e. The number of pyridine rings is 1. The summed E-state index contributed by atoms with van der Waals surface area (Å²) in [5, 5.41) is 1.08. The first-order chi connectivity index (χ1) is 8.90. The molecule has 1 aromatic carbocycles. The van der Waals surface area contributed by atoms with Crippen molar-refractivity contribution in [2.75, 3.05) is 6.79 Å². The van der Waals surface area contributed by atoms with Gasteiger partial charge in [0.05, 0.1) is 11.2 Å². The molecule has 2 aliphatic rings. The fourth-order valence-corrected chi connectivity index (χ4v) is 2.33. The van der Waals surface area contributed by atoms with Gasteiger partial charge < -0.3 is 9.47 Å². The summed E-state index contributed by atoms with van der Waals surface area (Å²) in [6, 6.07) is 8.07. The number of fused-ring (bicyclic) bond motifs is 2. The van der Waals surface area contributed by atoms with Gasteiger partial charge in [0.1, 0.15) is 0 Å². The second kappa shape index (κ2) is 3.60. The molecule has 1 aliphatic carbocycles. The SMILES string of the molecule is C1=CCC(c2ccc3cc4c(cc3n2)OCO4)=C1. The highest BCUT2D eigenvalue weighted by atomic mass is 16.7. The maximum absolute atomic E-state index is 5.38. The maximum atomic E-state index is 5.38. The molecule has 0 unspecified atom stereocenters. The van der Waals surface area contributed by atoms with E-state index < -0.39 is 0 Å². The first-order valence-corrected chi connectivity index (χ1v) is 5.97. The number of aromatic nitrogens is 1. The molecule has 2 aromatic rings. The molecule has 1 aliphatic heterocycles. The maximum Gasteiger partial charge on any atom is 0.231 e. The summed E-state index contributed by atoms with van der Waals surface area (Å²) in [5.74, 6) is 1.59. The highest BCUT2D eigenvalue weighted by Crippen LogP contribution is 2.36. The van der Waals surface area contributed by atoms with Crippen LogP contribution >= 0.6 is 0 Å². The van der Waals surface area contributed by atoms with Gasteiger partial charge in [-0.1, -0.05) is 24.3 Å². The van der Waals surface area contributed by atoms with Crippen LogP contribution < -0.4 is 9.47 Å². The third-order valence-electron chi connectivity index (χ3n) is 3.28. The molecule has 0 saturated heterocycles. The van der Waals surface area contributed by atoms with E-state index in [1.807, 2.05) is 12.1 Å². The molecule has 0 fully saturated rings. The molecule has 3 heteroatoms. The Morgan fingerprint density at radius 3 is 2.78 bits per heavy atom. The molecule has 0 N–H and O–H groups in total. The van der Waals surface area contributed by atoms with Gasteiger partial charge in [-0.2, -0.15) is 0 Å². The Morgan fingerprint density at radius 2 is 1.94 bits per heavy atom. The Bertz CT molecular complexity index is 701. The van der Waals surface area contributed by atoms with E-state index >= 15 is 0 Å². The van der Waals surface area contributed by atoms with Gasteiger partial charge in [-0.15, -0.1) is 0 Å². The summed E-state index contributed by atoms with van der Waals surface area (Å²) < 4.78 is 10.7. The van der Waals surface area contributed by atoms with Crippen molar-refractivity contribution >= 4 is 16.5 Å². The molecular formula is C15H11NO2. The van der Waals surface area contributed by atoms with Crippen LogP contribution in [0, 0.1) is 0 Å². The van der Waals surface area contributed by atoms with Crippen LogP contribution in [0.25, 0.3) is 16.5 Å². The second-order valence-electron chi connectivity index (χ2n) is 4.42. The third-order valence-corrected chi connectivity index (χ3v) is 3.28. The second-order valence-corrected chi connectivity index (χ2v) is 4.42. The molecular weight excluding hydrogens is 226 g/mol. The summed E-state index contributed by atoms with van der Waals surface area (Å²) in [6.07, 6.45) is 7.28. The molecule has 0 saturated carbocycles. The molecule has 0 amide bonds. The first kappa shape index (κ1) is 9.71. The first-order valence-electron chi connectivity index (χ1n) is 5.97. The van der Waals surface area contributed by atoms with Crippen LogP contribution in [0.5, 0.6) is 11.5 Å². The monoisotopic (exact) mass is 237 g/mol. The van der Waals surface area contributed by atoms with Gasteiger partial charge in [0, 0.05) is 11.5 Å². The van der Waals surface area contributed by atoms with E-state index in [2.05, 4.69) is 30.4 Å². The van der Waals surface area contributed by atoms with Crippen LogP contribution in [0.4, 0.5) is 0 Å². The minimum Gasteiger partial charge on any atom is -0.454 e. The predicted octanol–water partition coefficient (Wildman–Crippen LogP) is 3.31. The topological polar surface area (TPSA) is 31.4 Å². The van der Waals surface area contributed by atoms with Crippen molar-refractivity contribution in [3.63, 3.8) is 0 Å². The molecule has 18 heavy (non-hydrogen) atoms. The zero-order valence-electron chi connectivity index (χ0n) is 9.72. The number of allylic oxidation sites excluding steroid dienone is 4. The summed E-state index contributed by atoms with van der Waals surface area (Å²) in [4.78, 5) is 4.69. The Labute approximate surface area is 104 Å². The summed E-state index contributed by atoms with van der Waals surface area (Å²) in [6.45, 7) is 0.299. The molecule has 0 bridgehead atoms. The van der Waals surface area contributed by atoms with Crippen molar-refractivity contribution < 1.29 is 9.47 Å². The van der Waals surface area contributed by atoms with E-state index in [-0.39, 0.29) is 0 Å². The highest BCUT2D eigenvalue weighted by molar-refractivity contribution is 5.85. The minimum atomic E-state index is 0.299. The van der Waals surface area contributed by atoms with E-state index in [4.69, 9.17) is 14.5 Å². The molecule has 0 spiro atoms. The zero-order valence-corrected chi connectivity index (χ0v) is 9.72. The lowest BCUT2D eigenvalue weighted by Gasteiger charge is -2.05. The molecule has 88 valence electrons. The molecule has 1 aromatic heterocycles. The van der Waals surface area contributed by atoms with Crippen LogP contribution in [0.2, 0.25) is 0 Å². The Hall–Kier alpha value is -2.29. The van der Waals surface area contributed by atoms with Crippen molar-refractivity contribution in [2.45, 2.75) is 6.42 Å². The van der Waals surface area contributed by atoms with E-state index in [9.17, 15) is 0 Å². The Kier molecular flexibility index (Phi) is 1.94. The van der Waals surface area contributed by atoms with Crippen LogP contribution in [-0.4, -0.2) is 11.8 Å². The average molecular weight is 237 g/mol. The minimum absolute atomic E-state index is 0.299. The number of benzene rings is 1. The summed E-state index contributed by atoms with van der Waals surface area (Å²) >= 11 is 0. The summed E-state index contributed by atoms with van der Waals surface area (Å²) in [5.41, 5.74) is 3.24. The lowest BCUT2D eigenvalue weighted by atomic mass is 10.1. The Morgan fingerprint density at radius 1 is 1.06 bits per heavy atom. The lowest BCUT2D eigenvalue weighted by Crippen LogP contribution is -1.92. The standard InChI is InChI=1S/C15H11NO2/c1-2-4-10(3-1)12-6-5-11-7-14-15(18-9-17-14)8-13(11)16-12/h1-3,5-8H,4,9H2. The fourth-order valence-electron chi connectivity index (χ4n) is 2.33. The van der Waals surface area contributed by atoms with Crippen molar-refractivity contribution in [3.8, 4) is 11.5 Å². The van der Waals surface area contributed by atoms with E-state index in [0.717, 1.165) is 34.5 Å². The van der Waals surface area contributed by atoms with E-state index in [0.29, 0.717) is 6.79 Å². The molecule has 4 rings (SSSR count). The normalized spacial score (nSPS) is 16.3. The van der Waals surface area contributed by atoms with Crippen LogP contribution in [0.3, 0.4) is 0 Å². The number of ether oxygens (including phenoxy) is 2. The zero-order chi connectivity index (χ0) is 11.9. The van der Waals surface area contributed by atoms with Crippen LogP contribution in [0.1, 0.15) is 12.1 Å². The van der Waals surface area contributed by atoms with E-state index in [1.54, 1.807) is 0 Å². The molecule has 0 radical (unpaired) electrons. The van der Waals surface area contributed by atoms with Crippen LogP contribution in [0.15, 0.2) is 42.5 Å². The predicted molar refractivity (Wildman–Crippen MR) is 69.6 cm³/mol. The van der Waals surface area contributed by atoms with Crippen molar-refractivity contribution in [3.05, 3.63) is 48.2 Å². The van der Waals surface area contributed by atoms with E-state index in [1.165, 1.54) is 5.57 Å². The van der Waals surface area contributed by atoms with Crippen molar-refractivity contribution in [1.82, 2.24) is 4.98 Å². The lowest BCUT2D eigenvalue weighted by molar-refractivity contribution is 0.174. The van der Waals surface area contributed by atoms with Gasteiger partial charge in [-0.05, 0) is 24.1 Å². The smallest absolute Gasteiger partial charge is 0.231 e.